The maximum atomic E-state index is 10.8. The van der Waals surface area contributed by atoms with Crippen molar-refractivity contribution < 1.29 is 14.3 Å². The average molecular weight is 259 g/mol. The molecule has 1 rings (SSSR count). The Hall–Kier alpha value is -1.03. The highest BCUT2D eigenvalue weighted by atomic mass is 79.9. The van der Waals surface area contributed by atoms with Crippen molar-refractivity contribution in [2.24, 2.45) is 0 Å². The molecule has 0 saturated carbocycles. The van der Waals surface area contributed by atoms with Gasteiger partial charge in [-0.1, -0.05) is 0 Å². The van der Waals surface area contributed by atoms with Crippen molar-refractivity contribution in [3.05, 3.63) is 21.7 Å². The van der Waals surface area contributed by atoms with Gasteiger partial charge in [-0.05, 0) is 28.9 Å². The summed E-state index contributed by atoms with van der Waals surface area (Å²) in [6, 6.07) is 1.66. The van der Waals surface area contributed by atoms with Crippen LogP contribution in [0.1, 0.15) is 15.9 Å². The van der Waals surface area contributed by atoms with Crippen LogP contribution < -0.4 is 9.47 Å². The number of hydrogen-bond acceptors (Lipinski definition) is 3. The maximum absolute atomic E-state index is 10.8. The Bertz CT molecular complexity index is 361. The zero-order valence-electron chi connectivity index (χ0n) is 8.26. The van der Waals surface area contributed by atoms with Gasteiger partial charge in [-0.3, -0.25) is 4.79 Å². The van der Waals surface area contributed by atoms with Crippen LogP contribution in [0.5, 0.6) is 11.5 Å². The normalized spacial score (nSPS) is 9.71. The predicted octanol–water partition coefficient (Wildman–Crippen LogP) is 2.59. The van der Waals surface area contributed by atoms with Crippen LogP contribution >= 0.6 is 15.9 Å². The van der Waals surface area contributed by atoms with Gasteiger partial charge >= 0.3 is 0 Å². The summed E-state index contributed by atoms with van der Waals surface area (Å²) in [5.41, 5.74) is 1.39. The summed E-state index contributed by atoms with van der Waals surface area (Å²) in [4.78, 5) is 10.8. The van der Waals surface area contributed by atoms with Crippen molar-refractivity contribution in [1.82, 2.24) is 0 Å². The number of carbonyl (C=O) groups excluding carboxylic acids is 1. The minimum absolute atomic E-state index is 0.474. The molecule has 14 heavy (non-hydrogen) atoms. The smallest absolute Gasteiger partial charge is 0.153 e. The fraction of sp³-hybridized carbons (Fsp3) is 0.300. The molecule has 0 aliphatic heterocycles. The quantitative estimate of drug-likeness (QED) is 0.782. The molecule has 4 heteroatoms. The lowest BCUT2D eigenvalue weighted by Crippen LogP contribution is -1.97. The molecule has 0 aromatic heterocycles. The van der Waals surface area contributed by atoms with Crippen LogP contribution in [0.25, 0.3) is 0 Å². The van der Waals surface area contributed by atoms with Gasteiger partial charge < -0.3 is 9.47 Å². The van der Waals surface area contributed by atoms with Crippen molar-refractivity contribution in [3.63, 3.8) is 0 Å². The molecule has 0 bridgehead atoms. The van der Waals surface area contributed by atoms with E-state index in [-0.39, 0.29) is 0 Å². The van der Waals surface area contributed by atoms with Gasteiger partial charge in [0.2, 0.25) is 0 Å². The van der Waals surface area contributed by atoms with E-state index in [0.717, 1.165) is 16.3 Å². The van der Waals surface area contributed by atoms with Crippen molar-refractivity contribution in [2.75, 3.05) is 14.2 Å². The second kappa shape index (κ2) is 4.46. The van der Waals surface area contributed by atoms with Crippen molar-refractivity contribution in [1.29, 1.82) is 0 Å². The van der Waals surface area contributed by atoms with Gasteiger partial charge in [0.15, 0.2) is 6.29 Å². The number of benzene rings is 1. The van der Waals surface area contributed by atoms with E-state index in [1.165, 1.54) is 7.11 Å². The molecular formula is C10H11BrO3. The van der Waals surface area contributed by atoms with E-state index >= 15 is 0 Å². The summed E-state index contributed by atoms with van der Waals surface area (Å²) in [6.07, 6.45) is 0.742. The van der Waals surface area contributed by atoms with Crippen molar-refractivity contribution in [3.8, 4) is 11.5 Å². The largest absolute Gasteiger partial charge is 0.496 e. The molecule has 0 saturated heterocycles. The molecule has 0 fully saturated rings. The first-order valence-corrected chi connectivity index (χ1v) is 4.81. The van der Waals surface area contributed by atoms with Crippen LogP contribution in [0.2, 0.25) is 0 Å². The van der Waals surface area contributed by atoms with Crippen LogP contribution in [0, 0.1) is 6.92 Å². The molecule has 0 amide bonds. The number of ether oxygens (including phenoxy) is 2. The highest BCUT2D eigenvalue weighted by Crippen LogP contribution is 2.36. The van der Waals surface area contributed by atoms with Gasteiger partial charge in [0, 0.05) is 5.56 Å². The molecule has 0 radical (unpaired) electrons. The first kappa shape index (κ1) is 11.0. The van der Waals surface area contributed by atoms with Crippen molar-refractivity contribution in [2.45, 2.75) is 6.92 Å². The molecule has 3 nitrogen and oxygen atoms in total. The Morgan fingerprint density at radius 3 is 2.43 bits per heavy atom. The molecule has 76 valence electrons. The third-order valence-corrected chi connectivity index (χ3v) is 2.95. The fourth-order valence-electron chi connectivity index (χ4n) is 1.23. The van der Waals surface area contributed by atoms with Crippen LogP contribution in [0.15, 0.2) is 10.5 Å². The highest BCUT2D eigenvalue weighted by molar-refractivity contribution is 9.10. The van der Waals surface area contributed by atoms with Gasteiger partial charge in [-0.15, -0.1) is 0 Å². The first-order chi connectivity index (χ1) is 6.65. The number of aldehydes is 1. The van der Waals surface area contributed by atoms with E-state index in [2.05, 4.69) is 15.9 Å². The zero-order chi connectivity index (χ0) is 10.7. The summed E-state index contributed by atoms with van der Waals surface area (Å²) in [5, 5.41) is 0. The molecule has 0 N–H and O–H groups in total. The highest BCUT2D eigenvalue weighted by Gasteiger charge is 2.14. The van der Waals surface area contributed by atoms with E-state index in [1.807, 2.05) is 6.92 Å². The molecule has 1 aromatic carbocycles. The van der Waals surface area contributed by atoms with E-state index in [4.69, 9.17) is 9.47 Å². The first-order valence-electron chi connectivity index (χ1n) is 4.02. The third kappa shape index (κ3) is 1.75. The summed E-state index contributed by atoms with van der Waals surface area (Å²) in [7, 11) is 3.09. The summed E-state index contributed by atoms with van der Waals surface area (Å²) < 4.78 is 11.0. The van der Waals surface area contributed by atoms with Crippen LogP contribution in [0.4, 0.5) is 0 Å². The SMILES string of the molecule is COc1cc(C=O)c(OC)c(Br)c1C. The standard InChI is InChI=1S/C10H11BrO3/c1-6-8(13-2)4-7(5-12)10(14-3)9(6)11/h4-5H,1-3H3. The Labute approximate surface area is 91.1 Å². The summed E-state index contributed by atoms with van der Waals surface area (Å²) >= 11 is 3.36. The lowest BCUT2D eigenvalue weighted by Gasteiger charge is -2.12. The van der Waals surface area contributed by atoms with Gasteiger partial charge in [-0.2, -0.15) is 0 Å². The van der Waals surface area contributed by atoms with E-state index in [0.29, 0.717) is 17.1 Å². The molecule has 0 heterocycles. The minimum atomic E-state index is 0.474. The lowest BCUT2D eigenvalue weighted by molar-refractivity contribution is 0.112. The van der Waals surface area contributed by atoms with Gasteiger partial charge in [-0.25, -0.2) is 0 Å². The molecule has 0 aliphatic rings. The Kier molecular flexibility index (Phi) is 3.52. The second-order valence-corrected chi connectivity index (χ2v) is 3.55. The Balaban J connectivity index is 3.45. The summed E-state index contributed by atoms with van der Waals surface area (Å²) in [6.45, 7) is 1.89. The molecule has 0 spiro atoms. The monoisotopic (exact) mass is 258 g/mol. The second-order valence-electron chi connectivity index (χ2n) is 2.76. The molecule has 1 aromatic rings. The topological polar surface area (TPSA) is 35.5 Å². The predicted molar refractivity (Wildman–Crippen MR) is 57.4 cm³/mol. The van der Waals surface area contributed by atoms with Crippen LogP contribution in [-0.2, 0) is 0 Å². The fourth-order valence-corrected chi connectivity index (χ4v) is 1.81. The van der Waals surface area contributed by atoms with Crippen molar-refractivity contribution >= 4 is 22.2 Å². The molecule has 0 atom stereocenters. The Morgan fingerprint density at radius 1 is 1.36 bits per heavy atom. The number of methoxy groups -OCH3 is 2. The summed E-state index contributed by atoms with van der Waals surface area (Å²) in [5.74, 6) is 1.21. The number of halogens is 1. The molecule has 0 unspecified atom stereocenters. The maximum Gasteiger partial charge on any atom is 0.153 e. The number of rotatable bonds is 3. The van der Waals surface area contributed by atoms with E-state index < -0.39 is 0 Å². The van der Waals surface area contributed by atoms with Gasteiger partial charge in [0.05, 0.1) is 24.3 Å². The van der Waals surface area contributed by atoms with E-state index in [9.17, 15) is 4.79 Å². The van der Waals surface area contributed by atoms with E-state index in [1.54, 1.807) is 13.2 Å². The zero-order valence-corrected chi connectivity index (χ0v) is 9.84. The number of carbonyl (C=O) groups is 1. The Morgan fingerprint density at radius 2 is 2.00 bits per heavy atom. The molecular weight excluding hydrogens is 248 g/mol. The average Bonchev–Trinajstić information content (AvgIpc) is 2.21. The third-order valence-electron chi connectivity index (χ3n) is 2.00. The minimum Gasteiger partial charge on any atom is -0.496 e. The van der Waals surface area contributed by atoms with Gasteiger partial charge in [0.25, 0.3) is 0 Å². The van der Waals surface area contributed by atoms with Crippen LogP contribution in [-0.4, -0.2) is 20.5 Å². The lowest BCUT2D eigenvalue weighted by atomic mass is 10.1. The van der Waals surface area contributed by atoms with Gasteiger partial charge in [0.1, 0.15) is 11.5 Å². The van der Waals surface area contributed by atoms with Crippen LogP contribution in [0.3, 0.4) is 0 Å². The molecule has 0 aliphatic carbocycles. The number of hydrogen-bond donors (Lipinski definition) is 0.